The van der Waals surface area contributed by atoms with E-state index in [9.17, 15) is 4.79 Å². The summed E-state index contributed by atoms with van der Waals surface area (Å²) in [7, 11) is 0. The second kappa shape index (κ2) is 6.02. The molecule has 82 valence electrons. The van der Waals surface area contributed by atoms with Crippen molar-refractivity contribution in [3.05, 3.63) is 0 Å². The van der Waals surface area contributed by atoms with Gasteiger partial charge in [0.05, 0.1) is 0 Å². The number of hydrogen-bond donors (Lipinski definition) is 2. The van der Waals surface area contributed by atoms with Crippen LogP contribution in [-0.2, 0) is 4.79 Å². The average molecular weight is 199 g/mol. The van der Waals surface area contributed by atoms with Gasteiger partial charge in [-0.2, -0.15) is 0 Å². The van der Waals surface area contributed by atoms with Crippen molar-refractivity contribution in [2.45, 2.75) is 39.0 Å². The average Bonchev–Trinajstić information content (AvgIpc) is 2.58. The molecule has 1 fully saturated rings. The first-order valence-electron chi connectivity index (χ1n) is 5.60. The molecule has 0 saturated heterocycles. The van der Waals surface area contributed by atoms with Gasteiger partial charge in [-0.3, -0.25) is 4.79 Å². The van der Waals surface area contributed by atoms with Gasteiger partial charge in [-0.25, -0.2) is 0 Å². The van der Waals surface area contributed by atoms with Crippen molar-refractivity contribution in [2.24, 2.45) is 11.8 Å². The molecule has 2 N–H and O–H groups in total. The maximum absolute atomic E-state index is 11.2. The minimum atomic E-state index is 0.0820. The zero-order valence-electron chi connectivity index (χ0n) is 8.96. The van der Waals surface area contributed by atoms with Gasteiger partial charge in [0.2, 0.25) is 5.91 Å². The summed E-state index contributed by atoms with van der Waals surface area (Å²) in [4.78, 5) is 11.2. The van der Waals surface area contributed by atoms with Crippen LogP contribution >= 0.6 is 0 Å². The summed E-state index contributed by atoms with van der Waals surface area (Å²) in [6, 6.07) is 0. The third-order valence-corrected chi connectivity index (χ3v) is 2.95. The van der Waals surface area contributed by atoms with Crippen LogP contribution in [-0.4, -0.2) is 24.2 Å². The van der Waals surface area contributed by atoms with Crippen molar-refractivity contribution in [3.63, 3.8) is 0 Å². The van der Waals surface area contributed by atoms with E-state index >= 15 is 0 Å². The lowest BCUT2D eigenvalue weighted by atomic mass is 10.1. The molecular formula is C11H21NO2. The van der Waals surface area contributed by atoms with Gasteiger partial charge in [0.25, 0.3) is 0 Å². The zero-order valence-corrected chi connectivity index (χ0v) is 8.96. The van der Waals surface area contributed by atoms with E-state index in [0.717, 1.165) is 12.5 Å². The lowest BCUT2D eigenvalue weighted by Crippen LogP contribution is -2.28. The predicted molar refractivity (Wildman–Crippen MR) is 55.8 cm³/mol. The van der Waals surface area contributed by atoms with E-state index in [1.165, 1.54) is 19.3 Å². The van der Waals surface area contributed by atoms with E-state index in [-0.39, 0.29) is 12.5 Å². The van der Waals surface area contributed by atoms with Gasteiger partial charge in [0.1, 0.15) is 0 Å². The maximum atomic E-state index is 11.2. The number of carbonyl (C=O) groups excluding carboxylic acids is 1. The molecule has 1 aliphatic rings. The molecule has 2 unspecified atom stereocenters. The molecule has 0 aliphatic heterocycles. The van der Waals surface area contributed by atoms with E-state index in [0.29, 0.717) is 18.8 Å². The van der Waals surface area contributed by atoms with Crippen molar-refractivity contribution in [2.75, 3.05) is 13.2 Å². The fourth-order valence-corrected chi connectivity index (χ4v) is 2.10. The number of nitrogens with one attached hydrogen (secondary N) is 1. The van der Waals surface area contributed by atoms with Gasteiger partial charge < -0.3 is 10.4 Å². The van der Waals surface area contributed by atoms with Crippen molar-refractivity contribution >= 4 is 5.91 Å². The summed E-state index contributed by atoms with van der Waals surface area (Å²) in [6.45, 7) is 3.20. The lowest BCUT2D eigenvalue weighted by molar-refractivity contribution is -0.121. The zero-order chi connectivity index (χ0) is 10.4. The Kier molecular flexibility index (Phi) is 4.94. The minimum Gasteiger partial charge on any atom is -0.396 e. The van der Waals surface area contributed by atoms with Crippen molar-refractivity contribution in [3.8, 4) is 0 Å². The molecule has 0 aromatic carbocycles. The molecule has 0 bridgehead atoms. The van der Waals surface area contributed by atoms with Gasteiger partial charge in [0, 0.05) is 19.6 Å². The Bertz CT molecular complexity index is 182. The largest absolute Gasteiger partial charge is 0.396 e. The molecule has 1 aliphatic carbocycles. The summed E-state index contributed by atoms with van der Waals surface area (Å²) in [5.41, 5.74) is 0. The van der Waals surface area contributed by atoms with Gasteiger partial charge in [-0.15, -0.1) is 0 Å². The van der Waals surface area contributed by atoms with Crippen LogP contribution in [0.5, 0.6) is 0 Å². The predicted octanol–water partition coefficient (Wildman–Crippen LogP) is 1.31. The number of carbonyl (C=O) groups is 1. The Balaban J connectivity index is 2.05. The van der Waals surface area contributed by atoms with Crippen molar-refractivity contribution in [1.82, 2.24) is 5.32 Å². The minimum absolute atomic E-state index is 0.0820. The summed E-state index contributed by atoms with van der Waals surface area (Å²) < 4.78 is 0. The summed E-state index contributed by atoms with van der Waals surface area (Å²) >= 11 is 0. The van der Waals surface area contributed by atoms with Crippen LogP contribution < -0.4 is 5.32 Å². The van der Waals surface area contributed by atoms with Gasteiger partial charge in [-0.1, -0.05) is 13.3 Å². The molecule has 1 saturated carbocycles. The van der Waals surface area contributed by atoms with E-state index in [1.54, 1.807) is 0 Å². The summed E-state index contributed by atoms with van der Waals surface area (Å²) in [6.07, 6.45) is 4.84. The molecule has 3 nitrogen and oxygen atoms in total. The Hall–Kier alpha value is -0.570. The first kappa shape index (κ1) is 11.5. The van der Waals surface area contributed by atoms with Crippen molar-refractivity contribution < 1.29 is 9.90 Å². The second-order valence-corrected chi connectivity index (χ2v) is 4.42. The number of hydrogen-bond acceptors (Lipinski definition) is 2. The summed E-state index contributed by atoms with van der Waals surface area (Å²) in [5.74, 6) is 1.59. The standard InChI is InChI=1S/C11H21NO2/c1-9-4-5-10(7-9)8-12-11(14)3-2-6-13/h9-10,13H,2-8H2,1H3,(H,12,14). The number of rotatable bonds is 5. The van der Waals surface area contributed by atoms with Crippen LogP contribution in [0.1, 0.15) is 39.0 Å². The molecule has 1 rings (SSSR count). The van der Waals surface area contributed by atoms with Crippen LogP contribution in [0.15, 0.2) is 0 Å². The molecule has 0 aromatic heterocycles. The van der Waals surface area contributed by atoms with Crippen LogP contribution in [0.2, 0.25) is 0 Å². The molecule has 0 radical (unpaired) electrons. The topological polar surface area (TPSA) is 49.3 Å². The first-order valence-corrected chi connectivity index (χ1v) is 5.60. The molecule has 2 atom stereocenters. The van der Waals surface area contributed by atoms with Gasteiger partial charge in [0.15, 0.2) is 0 Å². The van der Waals surface area contributed by atoms with E-state index in [2.05, 4.69) is 12.2 Å². The molecule has 1 amide bonds. The Morgan fingerprint density at radius 1 is 1.50 bits per heavy atom. The third-order valence-electron chi connectivity index (χ3n) is 2.95. The highest BCUT2D eigenvalue weighted by Crippen LogP contribution is 2.29. The number of aliphatic hydroxyl groups is 1. The normalized spacial score (nSPS) is 26.4. The van der Waals surface area contributed by atoms with Crippen LogP contribution in [0.25, 0.3) is 0 Å². The fraction of sp³-hybridized carbons (Fsp3) is 0.909. The van der Waals surface area contributed by atoms with E-state index in [4.69, 9.17) is 5.11 Å². The Morgan fingerprint density at radius 3 is 2.86 bits per heavy atom. The molecule has 0 aromatic rings. The Morgan fingerprint density at radius 2 is 2.29 bits per heavy atom. The number of amides is 1. The van der Waals surface area contributed by atoms with Gasteiger partial charge in [-0.05, 0) is 31.1 Å². The molecule has 14 heavy (non-hydrogen) atoms. The van der Waals surface area contributed by atoms with Crippen molar-refractivity contribution in [1.29, 1.82) is 0 Å². The van der Waals surface area contributed by atoms with Crippen LogP contribution in [0, 0.1) is 11.8 Å². The van der Waals surface area contributed by atoms with Crippen LogP contribution in [0.4, 0.5) is 0 Å². The highest BCUT2D eigenvalue weighted by Gasteiger charge is 2.21. The third kappa shape index (κ3) is 4.09. The second-order valence-electron chi connectivity index (χ2n) is 4.42. The van der Waals surface area contributed by atoms with E-state index in [1.807, 2.05) is 0 Å². The molecule has 0 heterocycles. The molecule has 3 heteroatoms. The first-order chi connectivity index (χ1) is 6.72. The fourth-order valence-electron chi connectivity index (χ4n) is 2.10. The van der Waals surface area contributed by atoms with Gasteiger partial charge >= 0.3 is 0 Å². The Labute approximate surface area is 85.9 Å². The molecule has 0 spiro atoms. The van der Waals surface area contributed by atoms with E-state index < -0.39 is 0 Å². The molecular weight excluding hydrogens is 178 g/mol. The van der Waals surface area contributed by atoms with Crippen LogP contribution in [0.3, 0.4) is 0 Å². The highest BCUT2D eigenvalue weighted by atomic mass is 16.3. The quantitative estimate of drug-likeness (QED) is 0.701. The number of aliphatic hydroxyl groups excluding tert-OH is 1. The SMILES string of the molecule is CC1CCC(CNC(=O)CCCO)C1. The monoisotopic (exact) mass is 199 g/mol. The maximum Gasteiger partial charge on any atom is 0.220 e. The highest BCUT2D eigenvalue weighted by molar-refractivity contribution is 5.75. The summed E-state index contributed by atoms with van der Waals surface area (Å²) in [5, 5.41) is 11.5. The smallest absolute Gasteiger partial charge is 0.220 e. The lowest BCUT2D eigenvalue weighted by Gasteiger charge is -2.10.